The van der Waals surface area contributed by atoms with Gasteiger partial charge < -0.3 is 5.73 Å². The highest BCUT2D eigenvalue weighted by atomic mass is 32.2. The van der Waals surface area contributed by atoms with Crippen molar-refractivity contribution in [3.05, 3.63) is 29.8 Å². The van der Waals surface area contributed by atoms with Gasteiger partial charge in [0.1, 0.15) is 0 Å². The minimum Gasteiger partial charge on any atom is -0.330 e. The van der Waals surface area contributed by atoms with E-state index in [-0.39, 0.29) is 0 Å². The van der Waals surface area contributed by atoms with Crippen LogP contribution in [0.4, 0.5) is 0 Å². The molecule has 1 atom stereocenters. The highest BCUT2D eigenvalue weighted by Gasteiger charge is 2.36. The highest BCUT2D eigenvalue weighted by Crippen LogP contribution is 2.47. The fourth-order valence-electron chi connectivity index (χ4n) is 3.47. The summed E-state index contributed by atoms with van der Waals surface area (Å²) in [6.45, 7) is 0.889. The molecule has 1 aromatic rings. The van der Waals surface area contributed by atoms with Gasteiger partial charge in [-0.1, -0.05) is 31.0 Å². The van der Waals surface area contributed by atoms with Crippen LogP contribution in [0, 0.1) is 5.41 Å². The van der Waals surface area contributed by atoms with Gasteiger partial charge in [-0.3, -0.25) is 0 Å². The first kappa shape index (κ1) is 11.6. The Bertz CT molecular complexity index is 371. The predicted octanol–water partition coefficient (Wildman–Crippen LogP) is 3.61. The molecule has 0 radical (unpaired) electrons. The maximum Gasteiger partial charge on any atom is 0.0141 e. The maximum absolute atomic E-state index is 6.04. The van der Waals surface area contributed by atoms with E-state index < -0.39 is 0 Å². The molecule has 2 heteroatoms. The lowest BCUT2D eigenvalue weighted by atomic mass is 9.80. The van der Waals surface area contributed by atoms with Crippen molar-refractivity contribution >= 4 is 11.8 Å². The van der Waals surface area contributed by atoms with Crippen LogP contribution in [0.25, 0.3) is 0 Å². The first-order valence-electron chi connectivity index (χ1n) is 6.76. The van der Waals surface area contributed by atoms with Gasteiger partial charge in [-0.15, -0.1) is 11.8 Å². The third-order valence-electron chi connectivity index (χ3n) is 4.47. The number of nitrogens with two attached hydrogens (primary N) is 1. The zero-order valence-corrected chi connectivity index (χ0v) is 11.1. The Morgan fingerprint density at radius 2 is 2.00 bits per heavy atom. The van der Waals surface area contributed by atoms with Gasteiger partial charge in [0.25, 0.3) is 0 Å². The monoisotopic (exact) mass is 247 g/mol. The molecule has 2 N–H and O–H groups in total. The molecular formula is C15H21NS. The highest BCUT2D eigenvalue weighted by molar-refractivity contribution is 8.00. The van der Waals surface area contributed by atoms with Crippen molar-refractivity contribution in [3.8, 4) is 0 Å². The normalized spacial score (nSPS) is 26.1. The average Bonchev–Trinajstić information content (AvgIpc) is 2.95. The van der Waals surface area contributed by atoms with Gasteiger partial charge >= 0.3 is 0 Å². The van der Waals surface area contributed by atoms with Gasteiger partial charge in [0.2, 0.25) is 0 Å². The minimum atomic E-state index is 0.472. The van der Waals surface area contributed by atoms with E-state index in [1.165, 1.54) is 43.4 Å². The molecule has 1 aliphatic heterocycles. The Hall–Kier alpha value is -0.470. The number of thioether (sulfide) groups is 1. The summed E-state index contributed by atoms with van der Waals surface area (Å²) in [5, 5.41) is 0.772. The third kappa shape index (κ3) is 2.25. The zero-order valence-electron chi connectivity index (χ0n) is 10.3. The van der Waals surface area contributed by atoms with Gasteiger partial charge in [-0.2, -0.15) is 0 Å². The zero-order chi connectivity index (χ0) is 11.7. The lowest BCUT2D eigenvalue weighted by molar-refractivity contribution is 0.280. The fourth-order valence-corrected chi connectivity index (χ4v) is 4.99. The molecule has 1 nitrogen and oxygen atoms in total. The van der Waals surface area contributed by atoms with Gasteiger partial charge in [-0.25, -0.2) is 0 Å². The van der Waals surface area contributed by atoms with Crippen LogP contribution in [-0.2, 0) is 6.42 Å². The minimum absolute atomic E-state index is 0.472. The number of fused-ring (bicyclic) bond motifs is 1. The molecular weight excluding hydrogens is 226 g/mol. The second kappa shape index (κ2) is 4.66. The number of hydrogen-bond acceptors (Lipinski definition) is 2. The third-order valence-corrected chi connectivity index (χ3v) is 5.79. The van der Waals surface area contributed by atoms with Gasteiger partial charge in [-0.05, 0) is 49.3 Å². The first-order valence-corrected chi connectivity index (χ1v) is 7.64. The Labute approximate surface area is 108 Å². The summed E-state index contributed by atoms with van der Waals surface area (Å²) in [4.78, 5) is 1.50. The molecule has 3 rings (SSSR count). The van der Waals surface area contributed by atoms with Crippen LogP contribution in [0.2, 0.25) is 0 Å². The van der Waals surface area contributed by atoms with E-state index >= 15 is 0 Å². The number of hydrogen-bond donors (Lipinski definition) is 1. The Balaban J connectivity index is 1.69. The molecule has 1 aliphatic carbocycles. The van der Waals surface area contributed by atoms with Crippen molar-refractivity contribution in [1.82, 2.24) is 0 Å². The molecule has 1 fully saturated rings. The predicted molar refractivity (Wildman–Crippen MR) is 74.4 cm³/mol. The molecule has 1 aromatic carbocycles. The van der Waals surface area contributed by atoms with Crippen molar-refractivity contribution in [1.29, 1.82) is 0 Å². The van der Waals surface area contributed by atoms with Crippen molar-refractivity contribution in [2.24, 2.45) is 11.1 Å². The van der Waals surface area contributed by atoms with Crippen LogP contribution in [0.5, 0.6) is 0 Å². The van der Waals surface area contributed by atoms with E-state index in [1.807, 2.05) is 0 Å². The second-order valence-corrected chi connectivity index (χ2v) is 7.01. The summed E-state index contributed by atoms with van der Waals surface area (Å²) in [6, 6.07) is 8.87. The summed E-state index contributed by atoms with van der Waals surface area (Å²) >= 11 is 2.08. The van der Waals surface area contributed by atoms with Gasteiger partial charge in [0.15, 0.2) is 0 Å². The van der Waals surface area contributed by atoms with E-state index in [1.54, 1.807) is 5.56 Å². The van der Waals surface area contributed by atoms with Crippen LogP contribution in [0.3, 0.4) is 0 Å². The van der Waals surface area contributed by atoms with Crippen LogP contribution >= 0.6 is 11.8 Å². The lowest BCUT2D eigenvalue weighted by Crippen LogP contribution is -2.30. The van der Waals surface area contributed by atoms with Crippen molar-refractivity contribution in [2.75, 3.05) is 6.54 Å². The van der Waals surface area contributed by atoms with E-state index in [0.29, 0.717) is 5.41 Å². The largest absolute Gasteiger partial charge is 0.330 e. The quantitative estimate of drug-likeness (QED) is 0.883. The maximum atomic E-state index is 6.04. The molecule has 0 bridgehead atoms. The average molecular weight is 247 g/mol. The Morgan fingerprint density at radius 1 is 1.24 bits per heavy atom. The fraction of sp³-hybridized carbons (Fsp3) is 0.600. The molecule has 1 heterocycles. The van der Waals surface area contributed by atoms with E-state index in [4.69, 9.17) is 5.73 Å². The summed E-state index contributed by atoms with van der Waals surface area (Å²) in [5.74, 6) is 0. The smallest absolute Gasteiger partial charge is 0.0141 e. The summed E-state index contributed by atoms with van der Waals surface area (Å²) in [6.07, 6.45) is 8.07. The van der Waals surface area contributed by atoms with Crippen LogP contribution < -0.4 is 5.73 Å². The summed E-state index contributed by atoms with van der Waals surface area (Å²) < 4.78 is 0. The van der Waals surface area contributed by atoms with Gasteiger partial charge in [0, 0.05) is 10.1 Å². The molecule has 92 valence electrons. The van der Waals surface area contributed by atoms with E-state index in [9.17, 15) is 0 Å². The number of rotatable bonds is 3. The lowest BCUT2D eigenvalue weighted by Gasteiger charge is -2.29. The number of benzene rings is 1. The summed E-state index contributed by atoms with van der Waals surface area (Å²) in [7, 11) is 0. The van der Waals surface area contributed by atoms with Crippen LogP contribution in [-0.4, -0.2) is 11.8 Å². The van der Waals surface area contributed by atoms with Crippen molar-refractivity contribution < 1.29 is 0 Å². The molecule has 17 heavy (non-hydrogen) atoms. The topological polar surface area (TPSA) is 26.0 Å². The molecule has 0 saturated heterocycles. The molecule has 1 unspecified atom stereocenters. The molecule has 0 aromatic heterocycles. The van der Waals surface area contributed by atoms with Gasteiger partial charge in [0.05, 0.1) is 0 Å². The van der Waals surface area contributed by atoms with E-state index in [0.717, 1.165) is 11.8 Å². The summed E-state index contributed by atoms with van der Waals surface area (Å²) in [5.41, 5.74) is 8.06. The van der Waals surface area contributed by atoms with Crippen LogP contribution in [0.1, 0.15) is 37.7 Å². The van der Waals surface area contributed by atoms with Crippen molar-refractivity contribution in [2.45, 2.75) is 48.7 Å². The standard InChI is InChI=1S/C15H21NS/c16-11-15(7-3-4-8-15)10-13-9-12-5-1-2-6-14(12)17-13/h1-2,5-6,13H,3-4,7-11,16H2. The second-order valence-electron chi connectivity index (χ2n) is 5.67. The van der Waals surface area contributed by atoms with E-state index in [2.05, 4.69) is 36.0 Å². The first-order chi connectivity index (χ1) is 8.31. The molecule has 1 saturated carbocycles. The molecule has 2 aliphatic rings. The molecule has 0 spiro atoms. The van der Waals surface area contributed by atoms with Crippen molar-refractivity contribution in [3.63, 3.8) is 0 Å². The Morgan fingerprint density at radius 3 is 2.71 bits per heavy atom. The van der Waals surface area contributed by atoms with Crippen LogP contribution in [0.15, 0.2) is 29.2 Å². The SMILES string of the molecule is NCC1(CC2Cc3ccccc3S2)CCCC1. The Kier molecular flexibility index (Phi) is 3.18. The molecule has 0 amide bonds.